The third kappa shape index (κ3) is 3.34. The number of carbonyl (C=O) groups is 1. The summed E-state index contributed by atoms with van der Waals surface area (Å²) in [4.78, 5) is 11.0. The molecule has 0 amide bonds. The minimum Gasteiger partial charge on any atom is -0.598 e. The van der Waals surface area contributed by atoms with E-state index in [-0.39, 0.29) is 10.8 Å². The lowest BCUT2D eigenvalue weighted by atomic mass is 9.87. The van der Waals surface area contributed by atoms with Crippen LogP contribution in [0.3, 0.4) is 0 Å². The quantitative estimate of drug-likeness (QED) is 0.841. The van der Waals surface area contributed by atoms with E-state index in [9.17, 15) is 9.35 Å². The first-order valence-corrected chi connectivity index (χ1v) is 7.98. The molecule has 2 atom stereocenters. The Morgan fingerprint density at radius 1 is 1.45 bits per heavy atom. The van der Waals surface area contributed by atoms with E-state index in [1.54, 1.807) is 12.1 Å². The topological polar surface area (TPSA) is 72.4 Å². The van der Waals surface area contributed by atoms with Crippen LogP contribution >= 0.6 is 0 Å². The molecular formula is C15H21NO3S. The SMILES string of the molecule is CC(C)(C)[S+]([O-])N[C@@H]1CCCc2cc(C(=O)O)ccc21. The van der Waals surface area contributed by atoms with E-state index < -0.39 is 17.3 Å². The zero-order chi connectivity index (χ0) is 14.9. The molecule has 2 rings (SSSR count). The van der Waals surface area contributed by atoms with E-state index >= 15 is 0 Å². The third-order valence-corrected chi connectivity index (χ3v) is 5.12. The van der Waals surface area contributed by atoms with Gasteiger partial charge < -0.3 is 9.66 Å². The largest absolute Gasteiger partial charge is 0.598 e. The molecule has 1 aromatic rings. The van der Waals surface area contributed by atoms with Gasteiger partial charge in [-0.25, -0.2) is 4.79 Å². The van der Waals surface area contributed by atoms with Gasteiger partial charge in [-0.15, -0.1) is 4.72 Å². The Morgan fingerprint density at radius 2 is 2.15 bits per heavy atom. The number of rotatable bonds is 3. The highest BCUT2D eigenvalue weighted by molar-refractivity contribution is 7.90. The van der Waals surface area contributed by atoms with Crippen molar-refractivity contribution in [2.45, 2.75) is 50.8 Å². The Hall–Kier alpha value is -1.04. The van der Waals surface area contributed by atoms with Gasteiger partial charge in [0, 0.05) is 11.4 Å². The molecule has 0 heterocycles. The van der Waals surface area contributed by atoms with Gasteiger partial charge in [-0.3, -0.25) is 0 Å². The fraction of sp³-hybridized carbons (Fsp3) is 0.533. The maximum absolute atomic E-state index is 12.2. The third-order valence-electron chi connectivity index (χ3n) is 3.51. The van der Waals surface area contributed by atoms with Gasteiger partial charge in [0.2, 0.25) is 0 Å². The van der Waals surface area contributed by atoms with Crippen LogP contribution in [0.25, 0.3) is 0 Å². The molecule has 1 aliphatic rings. The molecule has 0 aromatic heterocycles. The van der Waals surface area contributed by atoms with Crippen molar-refractivity contribution in [3.63, 3.8) is 0 Å². The predicted molar refractivity (Wildman–Crippen MR) is 80.1 cm³/mol. The normalized spacial score (nSPS) is 20.3. The molecule has 0 saturated heterocycles. The molecule has 110 valence electrons. The summed E-state index contributed by atoms with van der Waals surface area (Å²) in [6, 6.07) is 5.27. The molecule has 1 unspecified atom stereocenters. The fourth-order valence-electron chi connectivity index (χ4n) is 2.38. The second-order valence-corrected chi connectivity index (χ2v) is 8.16. The summed E-state index contributed by atoms with van der Waals surface area (Å²) < 4.78 is 15.1. The first-order chi connectivity index (χ1) is 9.29. The molecule has 20 heavy (non-hydrogen) atoms. The number of carboxylic acid groups (broad SMARTS) is 1. The van der Waals surface area contributed by atoms with Gasteiger partial charge in [0.25, 0.3) is 0 Å². The van der Waals surface area contributed by atoms with Gasteiger partial charge in [0.15, 0.2) is 0 Å². The Labute approximate surface area is 122 Å². The summed E-state index contributed by atoms with van der Waals surface area (Å²) >= 11 is -1.12. The summed E-state index contributed by atoms with van der Waals surface area (Å²) in [7, 11) is 0. The van der Waals surface area contributed by atoms with Gasteiger partial charge in [0.05, 0.1) is 11.6 Å². The van der Waals surface area contributed by atoms with Crippen molar-refractivity contribution in [2.24, 2.45) is 0 Å². The summed E-state index contributed by atoms with van der Waals surface area (Å²) in [5, 5.41) is 9.04. The smallest absolute Gasteiger partial charge is 0.335 e. The molecule has 1 aromatic carbocycles. The number of aryl methyl sites for hydroxylation is 1. The summed E-state index contributed by atoms with van der Waals surface area (Å²) in [6.45, 7) is 5.81. The van der Waals surface area contributed by atoms with Crippen molar-refractivity contribution in [1.82, 2.24) is 4.72 Å². The number of benzene rings is 1. The zero-order valence-corrected chi connectivity index (χ0v) is 12.9. The number of hydrogen-bond acceptors (Lipinski definition) is 3. The second kappa shape index (κ2) is 5.76. The Kier molecular flexibility index (Phi) is 4.42. The van der Waals surface area contributed by atoms with E-state index in [0.717, 1.165) is 30.4 Å². The lowest BCUT2D eigenvalue weighted by Crippen LogP contribution is -2.42. The Bertz CT molecular complexity index is 510. The zero-order valence-electron chi connectivity index (χ0n) is 12.1. The van der Waals surface area contributed by atoms with Crippen LogP contribution in [0.1, 0.15) is 61.1 Å². The molecule has 1 aliphatic carbocycles. The van der Waals surface area contributed by atoms with Crippen molar-refractivity contribution in [3.8, 4) is 0 Å². The van der Waals surface area contributed by atoms with Gasteiger partial charge in [-0.2, -0.15) is 0 Å². The predicted octanol–water partition coefficient (Wildman–Crippen LogP) is 2.81. The Balaban J connectivity index is 2.23. The molecule has 0 aliphatic heterocycles. The van der Waals surface area contributed by atoms with Gasteiger partial charge in [0.1, 0.15) is 4.75 Å². The maximum atomic E-state index is 12.2. The van der Waals surface area contributed by atoms with E-state index in [0.29, 0.717) is 5.56 Å². The van der Waals surface area contributed by atoms with Crippen LogP contribution in [0.4, 0.5) is 0 Å². The maximum Gasteiger partial charge on any atom is 0.335 e. The van der Waals surface area contributed by atoms with E-state index in [2.05, 4.69) is 4.72 Å². The Morgan fingerprint density at radius 3 is 2.75 bits per heavy atom. The lowest BCUT2D eigenvalue weighted by Gasteiger charge is -2.31. The highest BCUT2D eigenvalue weighted by Gasteiger charge is 2.31. The summed E-state index contributed by atoms with van der Waals surface area (Å²) in [5.41, 5.74) is 2.46. The average molecular weight is 295 g/mol. The van der Waals surface area contributed by atoms with E-state index in [1.807, 2.05) is 26.8 Å². The minimum atomic E-state index is -1.12. The summed E-state index contributed by atoms with van der Waals surface area (Å²) in [5.74, 6) is -0.902. The van der Waals surface area contributed by atoms with Crippen LogP contribution in [0, 0.1) is 0 Å². The summed E-state index contributed by atoms with van der Waals surface area (Å²) in [6.07, 6.45) is 2.80. The number of hydrogen-bond donors (Lipinski definition) is 2. The van der Waals surface area contributed by atoms with Gasteiger partial charge in [-0.1, -0.05) is 6.07 Å². The average Bonchev–Trinajstić information content (AvgIpc) is 2.37. The molecule has 5 heteroatoms. The lowest BCUT2D eigenvalue weighted by molar-refractivity contribution is 0.0696. The molecule has 0 saturated carbocycles. The van der Waals surface area contributed by atoms with Crippen LogP contribution in [-0.4, -0.2) is 20.4 Å². The van der Waals surface area contributed by atoms with Crippen LogP contribution in [0.5, 0.6) is 0 Å². The number of carboxylic acids is 1. The van der Waals surface area contributed by atoms with E-state index in [1.165, 1.54) is 0 Å². The highest BCUT2D eigenvalue weighted by Crippen LogP contribution is 2.32. The molecular weight excluding hydrogens is 274 g/mol. The van der Waals surface area contributed by atoms with Crippen molar-refractivity contribution < 1.29 is 14.5 Å². The minimum absolute atomic E-state index is 0.0432. The monoisotopic (exact) mass is 295 g/mol. The second-order valence-electron chi connectivity index (χ2n) is 6.16. The number of nitrogens with one attached hydrogen (secondary N) is 1. The number of fused-ring (bicyclic) bond motifs is 1. The fourth-order valence-corrected chi connectivity index (χ4v) is 3.23. The first-order valence-electron chi connectivity index (χ1n) is 6.83. The van der Waals surface area contributed by atoms with Crippen LogP contribution in [-0.2, 0) is 17.8 Å². The molecule has 0 radical (unpaired) electrons. The van der Waals surface area contributed by atoms with Gasteiger partial charge in [-0.05, 0) is 63.3 Å². The van der Waals surface area contributed by atoms with Crippen LogP contribution in [0.15, 0.2) is 18.2 Å². The van der Waals surface area contributed by atoms with Crippen molar-refractivity contribution in [1.29, 1.82) is 0 Å². The highest BCUT2D eigenvalue weighted by atomic mass is 32.2. The molecule has 2 N–H and O–H groups in total. The van der Waals surface area contributed by atoms with E-state index in [4.69, 9.17) is 5.11 Å². The van der Waals surface area contributed by atoms with Crippen LogP contribution < -0.4 is 4.72 Å². The standard InChI is InChI=1S/C15H21NO3S/c1-15(2,3)20(19)16-13-6-4-5-10-9-11(14(17)18)7-8-12(10)13/h7-9,13,16H,4-6H2,1-3H3,(H,17,18)/t13-,20?/m1/s1. The van der Waals surface area contributed by atoms with Crippen LogP contribution in [0.2, 0.25) is 0 Å². The molecule has 4 nitrogen and oxygen atoms in total. The molecule has 0 fully saturated rings. The molecule has 0 spiro atoms. The van der Waals surface area contributed by atoms with Crippen molar-refractivity contribution in [3.05, 3.63) is 34.9 Å². The number of aromatic carboxylic acids is 1. The van der Waals surface area contributed by atoms with Gasteiger partial charge >= 0.3 is 5.97 Å². The molecule has 0 bridgehead atoms. The first kappa shape index (κ1) is 15.4. The van der Waals surface area contributed by atoms with Crippen molar-refractivity contribution >= 4 is 17.3 Å². The van der Waals surface area contributed by atoms with Crippen molar-refractivity contribution in [2.75, 3.05) is 0 Å².